The number of methoxy groups -OCH3 is 1. The van der Waals surface area contributed by atoms with Crippen LogP contribution in [0.4, 0.5) is 0 Å². The maximum atomic E-state index is 11.5. The minimum absolute atomic E-state index is 0.0485. The average molecular weight is 280 g/mol. The topological polar surface area (TPSA) is 44.1 Å². The first-order valence-corrected chi connectivity index (χ1v) is 7.40. The third-order valence-corrected chi connectivity index (χ3v) is 5.20. The molecule has 2 aliphatic carbocycles. The second kappa shape index (κ2) is 4.36. The highest BCUT2D eigenvalue weighted by Gasteiger charge is 2.55. The van der Waals surface area contributed by atoms with Gasteiger partial charge < -0.3 is 9.30 Å². The van der Waals surface area contributed by atoms with Crippen LogP contribution in [-0.4, -0.2) is 30.5 Å². The molecule has 2 aromatic heterocycles. The van der Waals surface area contributed by atoms with E-state index < -0.39 is 0 Å². The van der Waals surface area contributed by atoms with Crippen LogP contribution in [0.3, 0.4) is 0 Å². The van der Waals surface area contributed by atoms with Crippen LogP contribution in [0.1, 0.15) is 31.7 Å². The molecule has 0 unspecified atom stereocenters. The van der Waals surface area contributed by atoms with E-state index in [0.29, 0.717) is 16.9 Å². The highest BCUT2D eigenvalue weighted by Crippen LogP contribution is 2.63. The zero-order valence-electron chi connectivity index (χ0n) is 12.1. The fraction of sp³-hybridized carbons (Fsp3) is 0.500. The molecule has 21 heavy (non-hydrogen) atoms. The molecule has 0 saturated heterocycles. The molecule has 0 N–H and O–H groups in total. The molecular formula is C16H17BN2O2. The van der Waals surface area contributed by atoms with E-state index in [4.69, 9.17) is 12.6 Å². The third-order valence-electron chi connectivity index (χ3n) is 5.20. The number of aromatic nitrogens is 2. The Labute approximate surface area is 124 Å². The number of carbonyl (C=O) groups excluding carboxylic acids is 1. The van der Waals surface area contributed by atoms with Gasteiger partial charge in [-0.25, -0.2) is 4.98 Å². The summed E-state index contributed by atoms with van der Waals surface area (Å²) < 4.78 is 7.07. The first-order valence-electron chi connectivity index (χ1n) is 7.40. The monoisotopic (exact) mass is 280 g/mol. The van der Waals surface area contributed by atoms with Gasteiger partial charge in [-0.05, 0) is 37.2 Å². The van der Waals surface area contributed by atoms with Crippen molar-refractivity contribution in [1.29, 1.82) is 0 Å². The van der Waals surface area contributed by atoms with Gasteiger partial charge in [0.05, 0.1) is 13.0 Å². The lowest BCUT2D eigenvalue weighted by molar-refractivity contribution is -0.160. The van der Waals surface area contributed by atoms with Crippen LogP contribution in [0.2, 0.25) is 0 Å². The van der Waals surface area contributed by atoms with E-state index in [1.807, 2.05) is 6.07 Å². The third kappa shape index (κ3) is 1.90. The summed E-state index contributed by atoms with van der Waals surface area (Å²) in [4.78, 5) is 15.9. The van der Waals surface area contributed by atoms with Gasteiger partial charge in [0.25, 0.3) is 0 Å². The molecule has 5 heteroatoms. The molecule has 1 spiro atoms. The smallest absolute Gasteiger partial charge is 0.308 e. The summed E-state index contributed by atoms with van der Waals surface area (Å²) in [6, 6.07) is 4.53. The summed E-state index contributed by atoms with van der Waals surface area (Å²) in [6.45, 7) is 0. The summed E-state index contributed by atoms with van der Waals surface area (Å²) in [6.07, 6.45) is 8.05. The van der Waals surface area contributed by atoms with Crippen molar-refractivity contribution in [2.45, 2.75) is 31.7 Å². The minimum atomic E-state index is -0.0485. The van der Waals surface area contributed by atoms with E-state index >= 15 is 0 Å². The molecule has 2 aliphatic rings. The fourth-order valence-electron chi connectivity index (χ4n) is 4.14. The van der Waals surface area contributed by atoms with Crippen molar-refractivity contribution >= 4 is 30.3 Å². The van der Waals surface area contributed by atoms with Crippen LogP contribution in [0, 0.1) is 11.3 Å². The Bertz CT molecular complexity index is 710. The van der Waals surface area contributed by atoms with Gasteiger partial charge in [0, 0.05) is 23.8 Å². The summed E-state index contributed by atoms with van der Waals surface area (Å²) in [5, 5.41) is 1.09. The number of esters is 1. The van der Waals surface area contributed by atoms with Gasteiger partial charge in [-0.15, -0.1) is 0 Å². The summed E-state index contributed by atoms with van der Waals surface area (Å²) in [5.41, 5.74) is 2.08. The zero-order chi connectivity index (χ0) is 14.6. The predicted octanol–water partition coefficient (Wildman–Crippen LogP) is 1.73. The number of fused-ring (bicyclic) bond motifs is 1. The van der Waals surface area contributed by atoms with Gasteiger partial charge in [-0.2, -0.15) is 0 Å². The van der Waals surface area contributed by atoms with E-state index in [1.165, 1.54) is 7.11 Å². The molecule has 2 saturated carbocycles. The second-order valence-corrected chi connectivity index (χ2v) is 6.59. The van der Waals surface area contributed by atoms with Crippen molar-refractivity contribution in [2.75, 3.05) is 7.11 Å². The molecule has 0 aliphatic heterocycles. The average Bonchev–Trinajstić information content (AvgIpc) is 2.78. The minimum Gasteiger partial charge on any atom is -0.469 e. The van der Waals surface area contributed by atoms with Crippen molar-refractivity contribution in [3.63, 3.8) is 0 Å². The van der Waals surface area contributed by atoms with Crippen LogP contribution in [-0.2, 0) is 9.53 Å². The van der Waals surface area contributed by atoms with Crippen LogP contribution in [0.15, 0.2) is 24.5 Å². The molecule has 4 nitrogen and oxygen atoms in total. The standard InChI is InChI=1S/C16H17BN2O2/c1-21-15(20)11-5-16(6-11)7-13(8-16)19-3-2-10-4-12(17)9-18-14(10)19/h2-4,9,11,13H,5-8H2,1H3. The molecule has 106 valence electrons. The van der Waals surface area contributed by atoms with Gasteiger partial charge in [-0.1, -0.05) is 11.5 Å². The van der Waals surface area contributed by atoms with E-state index in [1.54, 1.807) is 6.20 Å². The number of carbonyl (C=O) groups is 1. The van der Waals surface area contributed by atoms with E-state index in [-0.39, 0.29) is 11.9 Å². The van der Waals surface area contributed by atoms with Gasteiger partial charge in [0.1, 0.15) is 13.5 Å². The summed E-state index contributed by atoms with van der Waals surface area (Å²) in [5.74, 6) is 0.0721. The molecule has 0 amide bonds. The Morgan fingerprint density at radius 2 is 2.19 bits per heavy atom. The Balaban J connectivity index is 1.47. The Kier molecular flexibility index (Phi) is 2.68. The number of nitrogens with zero attached hydrogens (tertiary/aromatic N) is 2. The Morgan fingerprint density at radius 1 is 1.43 bits per heavy atom. The number of ether oxygens (including phenoxy) is 1. The summed E-state index contributed by atoms with van der Waals surface area (Å²) in [7, 11) is 7.24. The SMILES string of the molecule is [B]c1cnc2c(ccn2C2CC3(CC(C(=O)OC)C3)C2)c1. The molecule has 0 bridgehead atoms. The normalized spacial score (nSPS) is 30.9. The molecule has 2 radical (unpaired) electrons. The highest BCUT2D eigenvalue weighted by molar-refractivity contribution is 6.32. The number of hydrogen-bond acceptors (Lipinski definition) is 3. The zero-order valence-corrected chi connectivity index (χ0v) is 12.1. The van der Waals surface area contributed by atoms with Crippen molar-refractivity contribution < 1.29 is 9.53 Å². The molecule has 2 fully saturated rings. The van der Waals surface area contributed by atoms with Crippen molar-refractivity contribution in [2.24, 2.45) is 11.3 Å². The van der Waals surface area contributed by atoms with Crippen molar-refractivity contribution in [3.8, 4) is 0 Å². The fourth-order valence-corrected chi connectivity index (χ4v) is 4.14. The van der Waals surface area contributed by atoms with Crippen molar-refractivity contribution in [3.05, 3.63) is 24.5 Å². The van der Waals surface area contributed by atoms with Gasteiger partial charge in [0.15, 0.2) is 0 Å². The molecule has 0 aromatic carbocycles. The van der Waals surface area contributed by atoms with Crippen LogP contribution in [0.5, 0.6) is 0 Å². The molecule has 2 aromatic rings. The van der Waals surface area contributed by atoms with Gasteiger partial charge in [0.2, 0.25) is 0 Å². The number of pyridine rings is 1. The lowest BCUT2D eigenvalue weighted by Gasteiger charge is -2.57. The number of hydrogen-bond donors (Lipinski definition) is 0. The first kappa shape index (κ1) is 12.9. The Morgan fingerprint density at radius 3 is 2.90 bits per heavy atom. The van der Waals surface area contributed by atoms with Crippen LogP contribution < -0.4 is 5.46 Å². The maximum absolute atomic E-state index is 11.5. The largest absolute Gasteiger partial charge is 0.469 e. The molecule has 0 atom stereocenters. The predicted molar refractivity (Wildman–Crippen MR) is 80.6 cm³/mol. The second-order valence-electron chi connectivity index (χ2n) is 6.59. The van der Waals surface area contributed by atoms with Gasteiger partial charge >= 0.3 is 5.97 Å². The van der Waals surface area contributed by atoms with Crippen LogP contribution >= 0.6 is 0 Å². The quantitative estimate of drug-likeness (QED) is 0.621. The maximum Gasteiger partial charge on any atom is 0.308 e. The lowest BCUT2D eigenvalue weighted by atomic mass is 9.50. The summed E-state index contributed by atoms with van der Waals surface area (Å²) >= 11 is 0. The van der Waals surface area contributed by atoms with Crippen LogP contribution in [0.25, 0.3) is 11.0 Å². The Hall–Kier alpha value is -1.78. The van der Waals surface area contributed by atoms with E-state index in [9.17, 15) is 4.79 Å². The number of rotatable bonds is 2. The van der Waals surface area contributed by atoms with Crippen molar-refractivity contribution in [1.82, 2.24) is 9.55 Å². The highest BCUT2D eigenvalue weighted by atomic mass is 16.5. The lowest BCUT2D eigenvalue weighted by Crippen LogP contribution is -2.50. The first-order chi connectivity index (χ1) is 10.1. The molecule has 4 rings (SSSR count). The van der Waals surface area contributed by atoms with E-state index in [0.717, 1.165) is 36.7 Å². The van der Waals surface area contributed by atoms with E-state index in [2.05, 4.69) is 21.8 Å². The molecular weight excluding hydrogens is 263 g/mol. The molecule has 2 heterocycles. The van der Waals surface area contributed by atoms with Gasteiger partial charge in [-0.3, -0.25) is 4.79 Å².